The third kappa shape index (κ3) is 5.37. The van der Waals surface area contributed by atoms with Gasteiger partial charge in [-0.25, -0.2) is 14.2 Å². The summed E-state index contributed by atoms with van der Waals surface area (Å²) in [5.41, 5.74) is -0.315. The molecule has 5 rings (SSSR count). The van der Waals surface area contributed by atoms with E-state index in [1.165, 1.54) is 17.2 Å². The van der Waals surface area contributed by atoms with Gasteiger partial charge < -0.3 is 14.8 Å². The molecule has 2 aliphatic rings. The second-order valence-electron chi connectivity index (χ2n) is 9.74. The fourth-order valence-electron chi connectivity index (χ4n) is 4.83. The number of nitriles is 1. The summed E-state index contributed by atoms with van der Waals surface area (Å²) in [4.78, 5) is 22.1. The van der Waals surface area contributed by atoms with Crippen LogP contribution in [0.3, 0.4) is 0 Å². The van der Waals surface area contributed by atoms with Crippen LogP contribution in [0.25, 0.3) is 0 Å². The van der Waals surface area contributed by atoms with Crippen molar-refractivity contribution in [1.29, 1.82) is 5.26 Å². The average molecular weight is 590 g/mol. The Hall–Kier alpha value is -3.66. The molecule has 13 heteroatoms. The number of nitrogens with one attached hydrogen (secondary N) is 1. The van der Waals surface area contributed by atoms with E-state index in [1.807, 2.05) is 18.2 Å². The lowest BCUT2D eigenvalue weighted by Gasteiger charge is -2.21. The fraction of sp³-hybridized carbons (Fsp3) is 0.296. The van der Waals surface area contributed by atoms with E-state index in [2.05, 4.69) is 15.3 Å². The average Bonchev–Trinajstić information content (AvgIpc) is 3.56. The maximum atomic E-state index is 13.6. The summed E-state index contributed by atoms with van der Waals surface area (Å²) in [5, 5.41) is 12.9. The molecule has 2 heterocycles. The van der Waals surface area contributed by atoms with Gasteiger partial charge in [-0.1, -0.05) is 35.9 Å². The van der Waals surface area contributed by atoms with E-state index in [4.69, 9.17) is 11.6 Å². The molecule has 1 atom stereocenters. The minimum atomic E-state index is -4.81. The van der Waals surface area contributed by atoms with Crippen LogP contribution in [-0.4, -0.2) is 49.1 Å². The second kappa shape index (κ2) is 10.4. The number of amides is 1. The molecular weight excluding hydrogens is 567 g/mol. The first-order valence-corrected chi connectivity index (χ1v) is 14.2. The number of halogens is 4. The normalized spacial score (nSPS) is 17.7. The maximum Gasteiger partial charge on any atom is 0.417 e. The van der Waals surface area contributed by atoms with E-state index in [-0.39, 0.29) is 47.0 Å². The summed E-state index contributed by atoms with van der Waals surface area (Å²) in [6.07, 6.45) is -1.86. The number of benzene rings is 2. The highest BCUT2D eigenvalue weighted by molar-refractivity contribution is 7.97. The van der Waals surface area contributed by atoms with Crippen molar-refractivity contribution in [3.05, 3.63) is 82.3 Å². The van der Waals surface area contributed by atoms with Crippen molar-refractivity contribution in [2.24, 2.45) is 0 Å². The molecular formula is C27H23ClF3N5O3S. The Kier molecular flexibility index (Phi) is 7.24. The number of alkyl halides is 3. The maximum absolute atomic E-state index is 13.6. The van der Waals surface area contributed by atoms with Crippen LogP contribution in [-0.2, 0) is 21.4 Å². The highest BCUT2D eigenvalue weighted by Gasteiger charge is 2.44. The predicted molar refractivity (Wildman–Crippen MR) is 144 cm³/mol. The van der Waals surface area contributed by atoms with Crippen LogP contribution in [0.4, 0.5) is 19.0 Å². The van der Waals surface area contributed by atoms with Crippen molar-refractivity contribution < 1.29 is 26.7 Å². The zero-order valence-corrected chi connectivity index (χ0v) is 22.5. The molecule has 0 bridgehead atoms. The fourth-order valence-corrected chi connectivity index (χ4v) is 6.71. The first-order valence-electron chi connectivity index (χ1n) is 12.3. The molecule has 1 unspecified atom stereocenters. The molecule has 0 spiro atoms. The lowest BCUT2D eigenvalue weighted by Crippen LogP contribution is -2.34. The summed E-state index contributed by atoms with van der Waals surface area (Å²) in [7, 11) is -4.21. The van der Waals surface area contributed by atoms with E-state index in [0.717, 1.165) is 36.6 Å². The van der Waals surface area contributed by atoms with Crippen LogP contribution in [0.15, 0.2) is 59.6 Å². The summed E-state index contributed by atoms with van der Waals surface area (Å²) in [6.45, 7) is 0.222. The van der Waals surface area contributed by atoms with Gasteiger partial charge in [-0.3, -0.25) is 4.79 Å². The summed E-state index contributed by atoms with van der Waals surface area (Å²) >= 11 is 6.00. The van der Waals surface area contributed by atoms with Gasteiger partial charge >= 0.3 is 6.18 Å². The van der Waals surface area contributed by atoms with Gasteiger partial charge in [-0.2, -0.15) is 18.4 Å². The topological polar surface area (TPSA) is 119 Å². The van der Waals surface area contributed by atoms with Gasteiger partial charge in [0, 0.05) is 34.6 Å². The predicted octanol–water partition coefficient (Wildman–Crippen LogP) is 4.68. The van der Waals surface area contributed by atoms with Gasteiger partial charge in [0.1, 0.15) is 27.3 Å². The Balaban J connectivity index is 1.42. The molecule has 3 aromatic rings. The van der Waals surface area contributed by atoms with Crippen molar-refractivity contribution in [1.82, 2.24) is 15.3 Å². The number of hydrogen-bond acceptors (Lipinski definition) is 6. The minimum absolute atomic E-state index is 0.00580. The largest absolute Gasteiger partial charge is 0.417 e. The lowest BCUT2D eigenvalue weighted by molar-refractivity contribution is -0.139. The van der Waals surface area contributed by atoms with Gasteiger partial charge in [-0.15, -0.1) is 0 Å². The van der Waals surface area contributed by atoms with E-state index in [0.29, 0.717) is 11.6 Å². The molecule has 1 aliphatic carbocycles. The summed E-state index contributed by atoms with van der Waals surface area (Å²) < 4.78 is 64.9. The van der Waals surface area contributed by atoms with Crippen LogP contribution in [0, 0.1) is 11.3 Å². The van der Waals surface area contributed by atoms with Gasteiger partial charge in [-0.05, 0) is 49.1 Å². The number of nitrogens with zero attached hydrogens (tertiary/aromatic N) is 4. The molecule has 1 saturated carbocycles. The highest BCUT2D eigenvalue weighted by Crippen LogP contribution is 2.48. The smallest absolute Gasteiger partial charge is 0.351 e. The van der Waals surface area contributed by atoms with Crippen LogP contribution >= 0.6 is 11.6 Å². The van der Waals surface area contributed by atoms with Crippen molar-refractivity contribution in [3.8, 4) is 6.07 Å². The molecule has 1 aromatic heterocycles. The molecule has 1 aliphatic heterocycles. The molecule has 40 heavy (non-hydrogen) atoms. The standard InChI is InChI=1S/C27H23ClF3N5O3S/c28-18-7-5-17(6-8-18)26(10-11-26)16-34-25(37)20-14-33-23(13-32)35-24(20)36-12-9-19(15-36)40(38,39)22-4-2-1-3-21(22)27(29,30)31/h1-8,14H,9-12,15-16H2,(H,34,37)(H,38,39). The SMILES string of the molecule is N#Cc1ncc(C(=O)NCC2(c3ccc(Cl)cc3)CC2)c(N2CCC(=S(=O)(O)c3ccccc3C(F)(F)F)C2)n1. The van der Waals surface area contributed by atoms with E-state index in [1.54, 1.807) is 12.1 Å². The van der Waals surface area contributed by atoms with Crippen molar-refractivity contribution in [2.75, 3.05) is 24.5 Å². The molecule has 1 amide bonds. The molecule has 208 valence electrons. The number of carbonyl (C=O) groups excluding carboxylic acids is 1. The second-order valence-corrected chi connectivity index (χ2v) is 12.2. The zero-order chi connectivity index (χ0) is 28.7. The van der Waals surface area contributed by atoms with Gasteiger partial charge in [0.05, 0.1) is 17.0 Å². The zero-order valence-electron chi connectivity index (χ0n) is 20.9. The first-order chi connectivity index (χ1) is 18.9. The van der Waals surface area contributed by atoms with E-state index >= 15 is 0 Å². The van der Waals surface area contributed by atoms with Crippen molar-refractivity contribution in [2.45, 2.75) is 35.7 Å². The highest BCUT2D eigenvalue weighted by atomic mass is 35.5. The number of aromatic nitrogens is 2. The van der Waals surface area contributed by atoms with Crippen LogP contribution in [0.1, 0.15) is 46.6 Å². The third-order valence-corrected chi connectivity index (χ3v) is 9.54. The van der Waals surface area contributed by atoms with E-state index in [9.17, 15) is 32.0 Å². The lowest BCUT2D eigenvalue weighted by atomic mass is 9.96. The number of rotatable bonds is 6. The van der Waals surface area contributed by atoms with Crippen LogP contribution in [0.5, 0.6) is 0 Å². The quantitative estimate of drug-likeness (QED) is 0.401. The molecule has 2 N–H and O–H groups in total. The number of carbonyl (C=O) groups is 1. The van der Waals surface area contributed by atoms with Crippen molar-refractivity contribution >= 4 is 38.0 Å². The number of hydrogen-bond donors (Lipinski definition) is 2. The first kappa shape index (κ1) is 27.9. The summed E-state index contributed by atoms with van der Waals surface area (Å²) in [5.74, 6) is -0.651. The Morgan fingerprint density at radius 1 is 1.20 bits per heavy atom. The molecule has 8 nitrogen and oxygen atoms in total. The van der Waals surface area contributed by atoms with Gasteiger partial charge in [0.25, 0.3) is 5.91 Å². The Morgan fingerprint density at radius 2 is 1.90 bits per heavy atom. The Bertz CT molecular complexity index is 1640. The molecule has 0 radical (unpaired) electrons. The molecule has 2 aromatic carbocycles. The molecule has 2 fully saturated rings. The Labute approximate surface area is 233 Å². The van der Waals surface area contributed by atoms with Gasteiger partial charge in [0.15, 0.2) is 0 Å². The van der Waals surface area contributed by atoms with Crippen LogP contribution in [0.2, 0.25) is 5.02 Å². The van der Waals surface area contributed by atoms with Crippen LogP contribution < -0.4 is 10.2 Å². The van der Waals surface area contributed by atoms with E-state index < -0.39 is 32.3 Å². The monoisotopic (exact) mass is 589 g/mol. The Morgan fingerprint density at radius 3 is 2.55 bits per heavy atom. The third-order valence-electron chi connectivity index (χ3n) is 7.22. The minimum Gasteiger partial charge on any atom is -0.351 e. The molecule has 1 saturated heterocycles. The van der Waals surface area contributed by atoms with Crippen molar-refractivity contribution in [3.63, 3.8) is 0 Å². The van der Waals surface area contributed by atoms with Gasteiger partial charge in [0.2, 0.25) is 5.82 Å². The summed E-state index contributed by atoms with van der Waals surface area (Å²) in [6, 6.07) is 13.4. The number of anilines is 1.